The Balaban J connectivity index is 2.54. The number of Topliss-reactive ketones (excluding diaryl/α,β-unsaturated/α-hetero) is 1. The largest absolute Gasteiger partial charge is 0.388 e. The molecule has 1 heterocycles. The van der Waals surface area contributed by atoms with Gasteiger partial charge >= 0.3 is 0 Å². The van der Waals surface area contributed by atoms with E-state index in [1.165, 1.54) is 6.92 Å². The molecule has 0 saturated carbocycles. The fourth-order valence-corrected chi connectivity index (χ4v) is 1.35. The average molecular weight is 220 g/mol. The van der Waals surface area contributed by atoms with Gasteiger partial charge < -0.3 is 24.8 Å². The van der Waals surface area contributed by atoms with Gasteiger partial charge in [0.15, 0.2) is 12.1 Å². The van der Waals surface area contributed by atoms with Crippen LogP contribution >= 0.6 is 0 Å². The monoisotopic (exact) mass is 220 g/mol. The van der Waals surface area contributed by atoms with Crippen LogP contribution in [0.1, 0.15) is 13.8 Å². The van der Waals surface area contributed by atoms with E-state index in [9.17, 15) is 20.1 Å². The van der Waals surface area contributed by atoms with E-state index in [2.05, 4.69) is 0 Å². The van der Waals surface area contributed by atoms with Gasteiger partial charge in [-0.15, -0.1) is 0 Å². The molecule has 0 bridgehead atoms. The van der Waals surface area contributed by atoms with Gasteiger partial charge in [0.2, 0.25) is 0 Å². The molecule has 0 amide bonds. The predicted molar refractivity (Wildman–Crippen MR) is 49.0 cm³/mol. The molecule has 1 fully saturated rings. The van der Waals surface area contributed by atoms with E-state index in [1.54, 1.807) is 6.92 Å². The lowest BCUT2D eigenvalue weighted by Gasteiger charge is -2.38. The topological polar surface area (TPSA) is 96.2 Å². The van der Waals surface area contributed by atoms with Gasteiger partial charge in [-0.1, -0.05) is 0 Å². The van der Waals surface area contributed by atoms with Gasteiger partial charge in [0.05, 0.1) is 6.10 Å². The van der Waals surface area contributed by atoms with E-state index in [0.29, 0.717) is 0 Å². The fraction of sp³-hybridized carbons (Fsp3) is 0.889. The molecule has 3 N–H and O–H groups in total. The Labute approximate surface area is 87.4 Å². The first kappa shape index (κ1) is 12.5. The van der Waals surface area contributed by atoms with Crippen molar-refractivity contribution < 1.29 is 29.6 Å². The normalized spacial score (nSPS) is 41.5. The van der Waals surface area contributed by atoms with Gasteiger partial charge in [0.25, 0.3) is 0 Å². The molecule has 0 aromatic rings. The van der Waals surface area contributed by atoms with Gasteiger partial charge in [-0.25, -0.2) is 0 Å². The molecule has 1 rings (SSSR count). The van der Waals surface area contributed by atoms with Crippen LogP contribution in [0.15, 0.2) is 0 Å². The van der Waals surface area contributed by atoms with Crippen LogP contribution in [0.3, 0.4) is 0 Å². The van der Waals surface area contributed by atoms with Crippen LogP contribution in [0.4, 0.5) is 0 Å². The number of carbonyl (C=O) groups is 1. The zero-order chi connectivity index (χ0) is 11.6. The lowest BCUT2D eigenvalue weighted by atomic mass is 10.0. The molecule has 6 nitrogen and oxygen atoms in total. The maximum atomic E-state index is 10.6. The Morgan fingerprint density at radius 3 is 2.40 bits per heavy atom. The van der Waals surface area contributed by atoms with Crippen molar-refractivity contribution in [3.8, 4) is 0 Å². The second-order valence-corrected chi connectivity index (χ2v) is 3.69. The summed E-state index contributed by atoms with van der Waals surface area (Å²) in [6.07, 6.45) is -5.57. The van der Waals surface area contributed by atoms with Crippen LogP contribution in [0.2, 0.25) is 0 Å². The van der Waals surface area contributed by atoms with Crippen molar-refractivity contribution in [1.29, 1.82) is 0 Å². The summed E-state index contributed by atoms with van der Waals surface area (Å²) >= 11 is 0. The SMILES string of the molecule is CC(=O)CO[C@@H]1O[C@H](C)[C@H](O)[C@H](O)[C@H]1O. The molecule has 0 aromatic heterocycles. The van der Waals surface area contributed by atoms with Gasteiger partial charge in [-0.3, -0.25) is 4.79 Å². The number of hydrogen-bond donors (Lipinski definition) is 3. The molecule has 1 aliphatic heterocycles. The molecule has 15 heavy (non-hydrogen) atoms. The van der Waals surface area contributed by atoms with Crippen molar-refractivity contribution in [2.75, 3.05) is 6.61 Å². The molecule has 1 saturated heterocycles. The van der Waals surface area contributed by atoms with E-state index in [-0.39, 0.29) is 12.4 Å². The van der Waals surface area contributed by atoms with Crippen molar-refractivity contribution in [3.63, 3.8) is 0 Å². The minimum Gasteiger partial charge on any atom is -0.388 e. The highest BCUT2D eigenvalue weighted by Crippen LogP contribution is 2.21. The van der Waals surface area contributed by atoms with E-state index < -0.39 is 30.7 Å². The fourth-order valence-electron chi connectivity index (χ4n) is 1.35. The Morgan fingerprint density at radius 1 is 1.27 bits per heavy atom. The molecule has 0 unspecified atom stereocenters. The number of carbonyl (C=O) groups excluding carboxylic acids is 1. The van der Waals surface area contributed by atoms with E-state index >= 15 is 0 Å². The third kappa shape index (κ3) is 2.96. The summed E-state index contributed by atoms with van der Waals surface area (Å²) in [7, 11) is 0. The summed E-state index contributed by atoms with van der Waals surface area (Å²) in [5.41, 5.74) is 0. The molecule has 88 valence electrons. The standard InChI is InChI=1S/C9H16O6/c1-4(10)3-14-9-8(13)7(12)6(11)5(2)15-9/h5-9,11-13H,3H2,1-2H3/t5-,6+,7+,8-,9-/m1/s1. The van der Waals surface area contributed by atoms with Crippen LogP contribution in [0.5, 0.6) is 0 Å². The van der Waals surface area contributed by atoms with Crippen molar-refractivity contribution in [3.05, 3.63) is 0 Å². The molecular formula is C9H16O6. The molecule has 1 aliphatic rings. The number of aliphatic hydroxyl groups is 3. The Morgan fingerprint density at radius 2 is 1.87 bits per heavy atom. The molecule has 0 spiro atoms. The third-order valence-corrected chi connectivity index (χ3v) is 2.26. The highest BCUT2D eigenvalue weighted by Gasteiger charge is 2.42. The van der Waals surface area contributed by atoms with E-state index in [1.807, 2.05) is 0 Å². The minimum atomic E-state index is -1.35. The van der Waals surface area contributed by atoms with Crippen molar-refractivity contribution in [2.24, 2.45) is 0 Å². The smallest absolute Gasteiger partial charge is 0.187 e. The maximum absolute atomic E-state index is 10.6. The number of hydrogen-bond acceptors (Lipinski definition) is 6. The molecular weight excluding hydrogens is 204 g/mol. The minimum absolute atomic E-state index is 0.197. The summed E-state index contributed by atoms with van der Waals surface area (Å²) in [4.78, 5) is 10.6. The summed E-state index contributed by atoms with van der Waals surface area (Å²) in [6, 6.07) is 0. The quantitative estimate of drug-likeness (QED) is 0.531. The third-order valence-electron chi connectivity index (χ3n) is 2.26. The van der Waals surface area contributed by atoms with Crippen LogP contribution in [0.25, 0.3) is 0 Å². The predicted octanol–water partition coefficient (Wildman–Crippen LogP) is -1.58. The molecule has 0 radical (unpaired) electrons. The van der Waals surface area contributed by atoms with Crippen LogP contribution in [0, 0.1) is 0 Å². The lowest BCUT2D eigenvalue weighted by Crippen LogP contribution is -2.57. The number of rotatable bonds is 3. The second-order valence-electron chi connectivity index (χ2n) is 3.69. The molecule has 6 heteroatoms. The first-order valence-corrected chi connectivity index (χ1v) is 4.74. The first-order chi connectivity index (χ1) is 6.93. The van der Waals surface area contributed by atoms with Gasteiger partial charge in [-0.2, -0.15) is 0 Å². The summed E-state index contributed by atoms with van der Waals surface area (Å²) in [5.74, 6) is -0.209. The summed E-state index contributed by atoms with van der Waals surface area (Å²) < 4.78 is 10.1. The Hall–Kier alpha value is -0.530. The highest BCUT2D eigenvalue weighted by molar-refractivity contribution is 5.76. The maximum Gasteiger partial charge on any atom is 0.187 e. The summed E-state index contributed by atoms with van der Waals surface area (Å²) in [5, 5.41) is 28.2. The van der Waals surface area contributed by atoms with Gasteiger partial charge in [0, 0.05) is 0 Å². The zero-order valence-corrected chi connectivity index (χ0v) is 8.66. The van der Waals surface area contributed by atoms with E-state index in [0.717, 1.165) is 0 Å². The second kappa shape index (κ2) is 5.00. The van der Waals surface area contributed by atoms with Crippen LogP contribution in [-0.4, -0.2) is 58.4 Å². The first-order valence-electron chi connectivity index (χ1n) is 4.74. The van der Waals surface area contributed by atoms with Crippen LogP contribution in [-0.2, 0) is 14.3 Å². The van der Waals surface area contributed by atoms with E-state index in [4.69, 9.17) is 9.47 Å². The average Bonchev–Trinajstić information content (AvgIpc) is 2.18. The Kier molecular flexibility index (Phi) is 4.18. The molecule has 5 atom stereocenters. The van der Waals surface area contributed by atoms with Gasteiger partial charge in [0.1, 0.15) is 24.9 Å². The van der Waals surface area contributed by atoms with Crippen molar-refractivity contribution in [2.45, 2.75) is 44.6 Å². The summed E-state index contributed by atoms with van der Waals surface area (Å²) in [6.45, 7) is 2.69. The molecule has 0 aromatic carbocycles. The zero-order valence-electron chi connectivity index (χ0n) is 8.66. The highest BCUT2D eigenvalue weighted by atomic mass is 16.7. The number of aliphatic hydroxyl groups excluding tert-OH is 3. The molecule has 0 aliphatic carbocycles. The van der Waals surface area contributed by atoms with Crippen molar-refractivity contribution in [1.82, 2.24) is 0 Å². The van der Waals surface area contributed by atoms with Crippen LogP contribution < -0.4 is 0 Å². The lowest BCUT2D eigenvalue weighted by molar-refractivity contribution is -0.291. The number of ketones is 1. The number of ether oxygens (including phenoxy) is 2. The Bertz CT molecular complexity index is 231. The van der Waals surface area contributed by atoms with Crippen molar-refractivity contribution >= 4 is 5.78 Å². The van der Waals surface area contributed by atoms with Gasteiger partial charge in [-0.05, 0) is 13.8 Å².